The van der Waals surface area contributed by atoms with Crippen LogP contribution in [0.5, 0.6) is 0 Å². The zero-order chi connectivity index (χ0) is 12.4. The van der Waals surface area contributed by atoms with Gasteiger partial charge in [0, 0.05) is 37.3 Å². The molecule has 1 aliphatic heterocycles. The van der Waals surface area contributed by atoms with Gasteiger partial charge in [-0.2, -0.15) is 0 Å². The fourth-order valence-corrected chi connectivity index (χ4v) is 3.14. The van der Waals surface area contributed by atoms with Crippen molar-refractivity contribution >= 4 is 11.3 Å². The quantitative estimate of drug-likeness (QED) is 0.818. The summed E-state index contributed by atoms with van der Waals surface area (Å²) < 4.78 is 7.55. The number of thiazole rings is 1. The summed E-state index contributed by atoms with van der Waals surface area (Å²) in [7, 11) is 0. The number of nitrogens with zero attached hydrogens (tertiary/aromatic N) is 2. The van der Waals surface area contributed by atoms with Crippen LogP contribution in [0.15, 0.2) is 10.2 Å². The first-order valence-corrected chi connectivity index (χ1v) is 6.97. The normalized spacial score (nSPS) is 26.3. The van der Waals surface area contributed by atoms with E-state index in [0.29, 0.717) is 12.2 Å². The Morgan fingerprint density at radius 3 is 2.53 bits per heavy atom. The van der Waals surface area contributed by atoms with Gasteiger partial charge < -0.3 is 9.30 Å². The van der Waals surface area contributed by atoms with E-state index in [1.54, 1.807) is 0 Å². The molecule has 4 nitrogen and oxygen atoms in total. The number of rotatable bonds is 3. The van der Waals surface area contributed by atoms with Crippen molar-refractivity contribution in [1.29, 1.82) is 0 Å². The maximum atomic E-state index is 11.6. The lowest BCUT2D eigenvalue weighted by Gasteiger charge is -2.35. The summed E-state index contributed by atoms with van der Waals surface area (Å²) in [6, 6.07) is 0. The van der Waals surface area contributed by atoms with Crippen molar-refractivity contribution in [1.82, 2.24) is 9.47 Å². The van der Waals surface area contributed by atoms with Crippen LogP contribution in [0.3, 0.4) is 0 Å². The number of hydrogen-bond acceptors (Lipinski definition) is 4. The topological polar surface area (TPSA) is 34.5 Å². The van der Waals surface area contributed by atoms with Crippen molar-refractivity contribution in [3.05, 3.63) is 20.7 Å². The Hall–Kier alpha value is -0.650. The van der Waals surface area contributed by atoms with Crippen molar-refractivity contribution in [3.8, 4) is 0 Å². The highest BCUT2D eigenvalue weighted by atomic mass is 32.1. The van der Waals surface area contributed by atoms with Crippen LogP contribution in [0.4, 0.5) is 0 Å². The standard InChI is InChI=1S/C12H20N2O2S/c1-9-8-17-12(15)14(9)5-4-13-6-10(2)16-11(3)7-13/h8,10-11H,4-7H2,1-3H3. The maximum absolute atomic E-state index is 11.6. The second-order valence-electron chi connectivity index (χ2n) is 4.81. The fraction of sp³-hybridized carbons (Fsp3) is 0.750. The van der Waals surface area contributed by atoms with Gasteiger partial charge in [0.25, 0.3) is 0 Å². The summed E-state index contributed by atoms with van der Waals surface area (Å²) in [5.41, 5.74) is 1.06. The lowest BCUT2D eigenvalue weighted by molar-refractivity contribution is -0.0686. The predicted octanol–water partition coefficient (Wildman–Crippen LogP) is 1.33. The molecule has 0 amide bonds. The molecule has 1 aromatic rings. The number of aryl methyl sites for hydroxylation is 1. The molecule has 1 aliphatic rings. The minimum atomic E-state index is 0.150. The van der Waals surface area contributed by atoms with Gasteiger partial charge in [0.1, 0.15) is 0 Å². The Labute approximate surface area is 106 Å². The van der Waals surface area contributed by atoms with Crippen molar-refractivity contribution < 1.29 is 4.74 Å². The molecule has 0 saturated carbocycles. The number of hydrogen-bond donors (Lipinski definition) is 0. The van der Waals surface area contributed by atoms with Crippen molar-refractivity contribution in [2.75, 3.05) is 19.6 Å². The van der Waals surface area contributed by atoms with E-state index in [1.807, 2.05) is 16.9 Å². The van der Waals surface area contributed by atoms with Gasteiger partial charge in [0.2, 0.25) is 0 Å². The summed E-state index contributed by atoms with van der Waals surface area (Å²) in [4.78, 5) is 14.1. The average molecular weight is 256 g/mol. The van der Waals surface area contributed by atoms with Crippen LogP contribution >= 0.6 is 11.3 Å². The van der Waals surface area contributed by atoms with Crippen molar-refractivity contribution in [2.24, 2.45) is 0 Å². The highest BCUT2D eigenvalue weighted by Crippen LogP contribution is 2.10. The molecule has 0 radical (unpaired) electrons. The van der Waals surface area contributed by atoms with Crippen LogP contribution in [0.25, 0.3) is 0 Å². The molecule has 0 bridgehead atoms. The van der Waals surface area contributed by atoms with E-state index in [-0.39, 0.29) is 4.87 Å². The van der Waals surface area contributed by atoms with Crippen molar-refractivity contribution in [2.45, 2.75) is 39.5 Å². The number of ether oxygens (including phenoxy) is 1. The van der Waals surface area contributed by atoms with Gasteiger partial charge in [0.15, 0.2) is 0 Å². The molecule has 0 N–H and O–H groups in total. The van der Waals surface area contributed by atoms with Gasteiger partial charge in [-0.05, 0) is 20.8 Å². The Morgan fingerprint density at radius 1 is 1.35 bits per heavy atom. The molecule has 17 heavy (non-hydrogen) atoms. The molecule has 0 aromatic carbocycles. The summed E-state index contributed by atoms with van der Waals surface area (Å²) in [6.45, 7) is 9.82. The van der Waals surface area contributed by atoms with Gasteiger partial charge in [-0.15, -0.1) is 0 Å². The third-order valence-electron chi connectivity index (χ3n) is 3.11. The maximum Gasteiger partial charge on any atom is 0.307 e. The summed E-state index contributed by atoms with van der Waals surface area (Å²) in [5.74, 6) is 0. The van der Waals surface area contributed by atoms with Gasteiger partial charge in [-0.25, -0.2) is 0 Å². The first-order chi connectivity index (χ1) is 8.06. The van der Waals surface area contributed by atoms with Gasteiger partial charge in [-0.1, -0.05) is 11.3 Å². The smallest absolute Gasteiger partial charge is 0.307 e. The molecule has 2 rings (SSSR count). The number of morpholine rings is 1. The molecule has 1 saturated heterocycles. The van der Waals surface area contributed by atoms with E-state index in [2.05, 4.69) is 18.7 Å². The third kappa shape index (κ3) is 3.18. The lowest BCUT2D eigenvalue weighted by Crippen LogP contribution is -2.46. The van der Waals surface area contributed by atoms with Gasteiger partial charge in [-0.3, -0.25) is 9.69 Å². The minimum Gasteiger partial charge on any atom is -0.373 e. The largest absolute Gasteiger partial charge is 0.373 e. The van der Waals surface area contributed by atoms with Gasteiger partial charge >= 0.3 is 4.87 Å². The molecule has 5 heteroatoms. The predicted molar refractivity (Wildman–Crippen MR) is 69.8 cm³/mol. The molecule has 1 aromatic heterocycles. The molecular formula is C12H20N2O2S. The van der Waals surface area contributed by atoms with Crippen LogP contribution in [0.2, 0.25) is 0 Å². The molecule has 0 aliphatic carbocycles. The molecule has 96 valence electrons. The summed E-state index contributed by atoms with van der Waals surface area (Å²) >= 11 is 1.28. The lowest BCUT2D eigenvalue weighted by atomic mass is 10.2. The van der Waals surface area contributed by atoms with Crippen LogP contribution < -0.4 is 4.87 Å². The van der Waals surface area contributed by atoms with E-state index in [9.17, 15) is 4.79 Å². The molecule has 0 spiro atoms. The second kappa shape index (κ2) is 5.33. The van der Waals surface area contributed by atoms with Crippen LogP contribution in [-0.4, -0.2) is 41.3 Å². The SMILES string of the molecule is Cc1csc(=O)n1CCN1CC(C)OC(C)C1. The highest BCUT2D eigenvalue weighted by Gasteiger charge is 2.21. The first kappa shape index (κ1) is 12.8. The molecule has 2 unspecified atom stereocenters. The zero-order valence-electron chi connectivity index (χ0n) is 10.7. The first-order valence-electron chi connectivity index (χ1n) is 6.09. The molecular weight excluding hydrogens is 236 g/mol. The third-order valence-corrected chi connectivity index (χ3v) is 3.99. The Bertz CT molecular complexity index is 416. The Balaban J connectivity index is 1.92. The highest BCUT2D eigenvalue weighted by molar-refractivity contribution is 7.07. The van der Waals surface area contributed by atoms with E-state index in [0.717, 1.165) is 31.9 Å². The summed E-state index contributed by atoms with van der Waals surface area (Å²) in [6.07, 6.45) is 0.582. The van der Waals surface area contributed by atoms with Crippen molar-refractivity contribution in [3.63, 3.8) is 0 Å². The number of aromatic nitrogens is 1. The van der Waals surface area contributed by atoms with Gasteiger partial charge in [0.05, 0.1) is 12.2 Å². The minimum absolute atomic E-state index is 0.150. The van der Waals surface area contributed by atoms with E-state index < -0.39 is 0 Å². The monoisotopic (exact) mass is 256 g/mol. The van der Waals surface area contributed by atoms with E-state index >= 15 is 0 Å². The van der Waals surface area contributed by atoms with Crippen LogP contribution in [-0.2, 0) is 11.3 Å². The molecule has 2 heterocycles. The van der Waals surface area contributed by atoms with E-state index in [1.165, 1.54) is 11.3 Å². The zero-order valence-corrected chi connectivity index (χ0v) is 11.5. The Morgan fingerprint density at radius 2 is 2.00 bits per heavy atom. The fourth-order valence-electron chi connectivity index (χ4n) is 2.38. The van der Waals surface area contributed by atoms with Crippen LogP contribution in [0.1, 0.15) is 19.5 Å². The Kier molecular flexibility index (Phi) is 4.01. The van der Waals surface area contributed by atoms with E-state index in [4.69, 9.17) is 4.74 Å². The molecule has 2 atom stereocenters. The van der Waals surface area contributed by atoms with Crippen LogP contribution in [0, 0.1) is 6.92 Å². The average Bonchev–Trinajstić information content (AvgIpc) is 2.55. The second-order valence-corrected chi connectivity index (χ2v) is 5.63. The summed E-state index contributed by atoms with van der Waals surface area (Å²) in [5, 5.41) is 1.92. The molecule has 1 fully saturated rings.